The van der Waals surface area contributed by atoms with Crippen LogP contribution in [0.4, 0.5) is 0 Å². The van der Waals surface area contributed by atoms with Crippen molar-refractivity contribution in [3.8, 4) is 0 Å². The summed E-state index contributed by atoms with van der Waals surface area (Å²) in [5, 5.41) is 2.74. The van der Waals surface area contributed by atoms with E-state index in [1.54, 1.807) is 24.3 Å². The van der Waals surface area contributed by atoms with Crippen molar-refractivity contribution in [3.05, 3.63) is 70.3 Å². The van der Waals surface area contributed by atoms with E-state index in [2.05, 4.69) is 5.32 Å². The Hall–Kier alpha value is -2.95. The van der Waals surface area contributed by atoms with Crippen LogP contribution in [0.3, 0.4) is 0 Å². The molecule has 2 aromatic rings. The van der Waals surface area contributed by atoms with E-state index in [4.69, 9.17) is 4.74 Å². The van der Waals surface area contributed by atoms with E-state index in [-0.39, 0.29) is 24.2 Å². The molecule has 5 heteroatoms. The highest BCUT2D eigenvalue weighted by Crippen LogP contribution is 2.22. The molecule has 5 nitrogen and oxygen atoms in total. The summed E-state index contributed by atoms with van der Waals surface area (Å²) in [6.45, 7) is 5.22. The number of rotatable bonds is 7. The van der Waals surface area contributed by atoms with Crippen LogP contribution in [0.5, 0.6) is 0 Å². The lowest BCUT2D eigenvalue weighted by Crippen LogP contribution is -2.45. The zero-order valence-corrected chi connectivity index (χ0v) is 17.9. The highest BCUT2D eigenvalue weighted by atomic mass is 16.5. The molecule has 0 saturated heterocycles. The maximum atomic E-state index is 12.6. The minimum atomic E-state index is -0.825. The Morgan fingerprint density at radius 1 is 0.967 bits per heavy atom. The number of ketones is 1. The van der Waals surface area contributed by atoms with Gasteiger partial charge >= 0.3 is 5.97 Å². The molecule has 1 aliphatic rings. The van der Waals surface area contributed by atoms with Gasteiger partial charge in [-0.15, -0.1) is 0 Å². The van der Waals surface area contributed by atoms with Crippen LogP contribution in [0.1, 0.15) is 64.1 Å². The molecule has 2 aromatic carbocycles. The van der Waals surface area contributed by atoms with Crippen LogP contribution in [0.2, 0.25) is 0 Å². The van der Waals surface area contributed by atoms with E-state index in [1.807, 2.05) is 39.0 Å². The van der Waals surface area contributed by atoms with Gasteiger partial charge in [-0.3, -0.25) is 9.59 Å². The van der Waals surface area contributed by atoms with E-state index in [9.17, 15) is 14.4 Å². The number of aryl methyl sites for hydroxylation is 3. The van der Waals surface area contributed by atoms with Crippen molar-refractivity contribution in [2.75, 3.05) is 6.61 Å². The molecular weight excluding hydrogens is 378 g/mol. The van der Waals surface area contributed by atoms with Gasteiger partial charge < -0.3 is 10.1 Å². The minimum absolute atomic E-state index is 0.176. The van der Waals surface area contributed by atoms with Crippen LogP contribution in [-0.2, 0) is 22.4 Å². The van der Waals surface area contributed by atoms with E-state index in [1.165, 1.54) is 17.5 Å². The second kappa shape index (κ2) is 9.70. The second-order valence-electron chi connectivity index (χ2n) is 8.29. The van der Waals surface area contributed by atoms with Crippen molar-refractivity contribution in [2.45, 2.75) is 52.5 Å². The molecule has 1 atom stereocenters. The van der Waals surface area contributed by atoms with Crippen molar-refractivity contribution in [1.29, 1.82) is 0 Å². The largest absolute Gasteiger partial charge is 0.456 e. The number of carbonyl (C=O) groups excluding carboxylic acids is 3. The lowest BCUT2D eigenvalue weighted by Gasteiger charge is -2.21. The van der Waals surface area contributed by atoms with Crippen molar-refractivity contribution in [2.24, 2.45) is 5.92 Å². The topological polar surface area (TPSA) is 72.5 Å². The number of Topliss-reactive ketones (excluding diaryl/α,β-unsaturated/α-hetero) is 1. The molecule has 1 aliphatic carbocycles. The Kier molecular flexibility index (Phi) is 7.03. The number of benzene rings is 2. The molecular formula is C25H29NO4. The third kappa shape index (κ3) is 5.35. The average molecular weight is 408 g/mol. The summed E-state index contributed by atoms with van der Waals surface area (Å²) in [6.07, 6.45) is 4.35. The predicted molar refractivity (Wildman–Crippen MR) is 116 cm³/mol. The summed E-state index contributed by atoms with van der Waals surface area (Å²) in [5.41, 5.74) is 4.52. The quantitative estimate of drug-likeness (QED) is 0.555. The van der Waals surface area contributed by atoms with Gasteiger partial charge in [0.15, 0.2) is 12.4 Å². The molecule has 1 amide bonds. The third-order valence-electron chi connectivity index (χ3n) is 5.50. The SMILES string of the molecule is Cc1cccc(C(=O)N[C@H](C(=O)OCC(=O)c2ccc3c(c2)CCCC3)C(C)C)c1. The highest BCUT2D eigenvalue weighted by Gasteiger charge is 2.27. The molecule has 1 N–H and O–H groups in total. The minimum Gasteiger partial charge on any atom is -0.456 e. The van der Waals surface area contributed by atoms with Gasteiger partial charge in [0.1, 0.15) is 6.04 Å². The zero-order valence-electron chi connectivity index (χ0n) is 17.9. The van der Waals surface area contributed by atoms with Gasteiger partial charge in [0.2, 0.25) is 0 Å². The summed E-state index contributed by atoms with van der Waals surface area (Å²) in [5.74, 6) is -1.35. The van der Waals surface area contributed by atoms with Crippen LogP contribution in [0, 0.1) is 12.8 Å². The molecule has 0 spiro atoms. The van der Waals surface area contributed by atoms with E-state index < -0.39 is 12.0 Å². The number of hydrogen-bond donors (Lipinski definition) is 1. The number of esters is 1. The first-order valence-electron chi connectivity index (χ1n) is 10.5. The third-order valence-corrected chi connectivity index (χ3v) is 5.50. The van der Waals surface area contributed by atoms with E-state index in [0.29, 0.717) is 11.1 Å². The molecule has 0 saturated carbocycles. The zero-order chi connectivity index (χ0) is 21.7. The first-order chi connectivity index (χ1) is 14.3. The lowest BCUT2D eigenvalue weighted by atomic mass is 9.90. The van der Waals surface area contributed by atoms with Crippen LogP contribution in [0.25, 0.3) is 0 Å². The van der Waals surface area contributed by atoms with E-state index in [0.717, 1.165) is 24.8 Å². The Morgan fingerprint density at radius 3 is 2.40 bits per heavy atom. The average Bonchev–Trinajstić information content (AvgIpc) is 2.74. The molecule has 0 heterocycles. The maximum Gasteiger partial charge on any atom is 0.329 e. The van der Waals surface area contributed by atoms with E-state index >= 15 is 0 Å². The number of nitrogens with one attached hydrogen (secondary N) is 1. The van der Waals surface area contributed by atoms with Gasteiger partial charge in [0, 0.05) is 11.1 Å². The molecule has 30 heavy (non-hydrogen) atoms. The van der Waals surface area contributed by atoms with Crippen LogP contribution in [-0.4, -0.2) is 30.3 Å². The van der Waals surface area contributed by atoms with Crippen LogP contribution < -0.4 is 5.32 Å². The molecule has 0 bridgehead atoms. The molecule has 3 rings (SSSR count). The van der Waals surface area contributed by atoms with Crippen LogP contribution >= 0.6 is 0 Å². The summed E-state index contributed by atoms with van der Waals surface area (Å²) in [4.78, 5) is 37.7. The summed E-state index contributed by atoms with van der Waals surface area (Å²) < 4.78 is 5.28. The van der Waals surface area contributed by atoms with Crippen molar-refractivity contribution in [1.82, 2.24) is 5.32 Å². The first-order valence-corrected chi connectivity index (χ1v) is 10.5. The molecule has 0 aromatic heterocycles. The molecule has 0 aliphatic heterocycles. The maximum absolute atomic E-state index is 12.6. The number of ether oxygens (including phenoxy) is 1. The Balaban J connectivity index is 1.61. The van der Waals surface area contributed by atoms with Crippen LogP contribution in [0.15, 0.2) is 42.5 Å². The fourth-order valence-corrected chi connectivity index (χ4v) is 3.73. The van der Waals surface area contributed by atoms with Gasteiger partial charge in [0.25, 0.3) is 5.91 Å². The smallest absolute Gasteiger partial charge is 0.329 e. The number of carbonyl (C=O) groups is 3. The van der Waals surface area contributed by atoms with Crippen molar-refractivity contribution >= 4 is 17.7 Å². The predicted octanol–water partition coefficient (Wildman–Crippen LogP) is 4.05. The fourth-order valence-electron chi connectivity index (χ4n) is 3.73. The number of fused-ring (bicyclic) bond motifs is 1. The molecule has 0 fully saturated rings. The van der Waals surface area contributed by atoms with Crippen molar-refractivity contribution in [3.63, 3.8) is 0 Å². The fraction of sp³-hybridized carbons (Fsp3) is 0.400. The normalized spacial score (nSPS) is 14.0. The van der Waals surface area contributed by atoms with Crippen molar-refractivity contribution < 1.29 is 19.1 Å². The Morgan fingerprint density at radius 2 is 1.70 bits per heavy atom. The summed E-state index contributed by atoms with van der Waals surface area (Å²) in [7, 11) is 0. The molecule has 0 unspecified atom stereocenters. The molecule has 158 valence electrons. The summed E-state index contributed by atoms with van der Waals surface area (Å²) in [6, 6.07) is 12.1. The summed E-state index contributed by atoms with van der Waals surface area (Å²) >= 11 is 0. The van der Waals surface area contributed by atoms with Gasteiger partial charge in [-0.1, -0.05) is 43.7 Å². The van der Waals surface area contributed by atoms with Gasteiger partial charge in [0.05, 0.1) is 0 Å². The van der Waals surface area contributed by atoms with Gasteiger partial charge in [-0.25, -0.2) is 4.79 Å². The Labute approximate surface area is 177 Å². The lowest BCUT2D eigenvalue weighted by molar-refractivity contribution is -0.145. The van der Waals surface area contributed by atoms with Gasteiger partial charge in [-0.2, -0.15) is 0 Å². The monoisotopic (exact) mass is 407 g/mol. The first kappa shape index (κ1) is 21.8. The number of amides is 1. The number of hydrogen-bond acceptors (Lipinski definition) is 4. The Bertz CT molecular complexity index is 948. The highest BCUT2D eigenvalue weighted by molar-refractivity contribution is 5.99. The van der Waals surface area contributed by atoms with Gasteiger partial charge in [-0.05, 0) is 67.9 Å². The second-order valence-corrected chi connectivity index (χ2v) is 8.29. The standard InChI is InChI=1S/C25H29NO4/c1-16(2)23(26-24(28)21-10-6-7-17(3)13-21)25(29)30-15-22(27)20-12-11-18-8-4-5-9-19(18)14-20/h6-7,10-14,16,23H,4-5,8-9,15H2,1-3H3,(H,26,28)/t23-/m0/s1. The molecule has 0 radical (unpaired) electrons.